The van der Waals surface area contributed by atoms with E-state index < -0.39 is 60.1 Å². The predicted molar refractivity (Wildman–Crippen MR) is 305 cm³/mol. The molecule has 9 rings (SSSR count). The Hall–Kier alpha value is -7.14. The number of ether oxygens (including phenoxy) is 2. The first-order valence-corrected chi connectivity index (χ1v) is 29.2. The Morgan fingerprint density at radius 2 is 0.866 bits per heavy atom. The second-order valence-corrected chi connectivity index (χ2v) is 23.1. The van der Waals surface area contributed by atoms with Crippen LogP contribution in [0.2, 0.25) is 0 Å². The van der Waals surface area contributed by atoms with E-state index in [4.69, 9.17) is 9.47 Å². The van der Waals surface area contributed by atoms with Crippen LogP contribution in [0.15, 0.2) is 72.8 Å². The monoisotopic (exact) mass is 1130 g/mol. The van der Waals surface area contributed by atoms with E-state index in [-0.39, 0.29) is 96.4 Å². The average molecular weight is 1130 g/mol. The van der Waals surface area contributed by atoms with Gasteiger partial charge in [0.1, 0.15) is 35.7 Å². The number of amides is 8. The highest BCUT2D eigenvalue weighted by atomic mass is 16.5. The summed E-state index contributed by atoms with van der Waals surface area (Å²) in [4.78, 5) is 122. The molecule has 6 aliphatic rings. The third-order valence-corrected chi connectivity index (χ3v) is 17.7. The zero-order valence-corrected chi connectivity index (χ0v) is 48.0. The molecule has 0 unspecified atom stereocenters. The maximum Gasteiger partial charge on any atom is 0.251 e. The fourth-order valence-electron chi connectivity index (χ4n) is 12.4. The van der Waals surface area contributed by atoms with Crippen molar-refractivity contribution < 1.29 is 47.8 Å². The predicted octanol–water partition coefficient (Wildman–Crippen LogP) is 1.23. The van der Waals surface area contributed by atoms with Gasteiger partial charge >= 0.3 is 0 Å². The minimum absolute atomic E-state index is 0.0105. The number of carbonyl (C=O) groups is 8. The molecule has 0 aliphatic carbocycles. The molecule has 82 heavy (non-hydrogen) atoms. The minimum Gasteiger partial charge on any atom is -0.493 e. The summed E-state index contributed by atoms with van der Waals surface area (Å²) in [5.74, 6) is -2.18. The van der Waals surface area contributed by atoms with Gasteiger partial charge in [0, 0.05) is 60.3 Å². The van der Waals surface area contributed by atoms with E-state index in [0.29, 0.717) is 63.2 Å². The van der Waals surface area contributed by atoms with Gasteiger partial charge < -0.3 is 71.6 Å². The molecule has 8 N–H and O–H groups in total. The molecule has 6 heterocycles. The van der Waals surface area contributed by atoms with Crippen molar-refractivity contribution in [1.82, 2.24) is 62.1 Å². The van der Waals surface area contributed by atoms with Crippen molar-refractivity contribution in [3.8, 4) is 11.5 Å². The normalized spacial score (nSPS) is 24.7. The summed E-state index contributed by atoms with van der Waals surface area (Å²) in [7, 11) is 7.38. The molecule has 4 saturated heterocycles. The van der Waals surface area contributed by atoms with Crippen molar-refractivity contribution in [3.05, 3.63) is 95.1 Å². The number of likely N-dealkylation sites (tertiary alicyclic amines) is 4. The van der Waals surface area contributed by atoms with Gasteiger partial charge in [0.25, 0.3) is 11.8 Å². The molecular weight excluding hydrogens is 1050 g/mol. The molecule has 0 aromatic heterocycles. The number of fused-ring (bicyclic) bond motifs is 2. The summed E-state index contributed by atoms with van der Waals surface area (Å²) in [6.07, 6.45) is 3.92. The molecule has 0 spiro atoms. The van der Waals surface area contributed by atoms with E-state index in [1.54, 1.807) is 27.9 Å². The van der Waals surface area contributed by atoms with Crippen LogP contribution in [-0.4, -0.2) is 196 Å². The second-order valence-electron chi connectivity index (χ2n) is 23.1. The standard InChI is InChI=1S/C60H82N12O10/c1-35(61-3)53(73)67-51(37-19-25-69(5)26-20-37)59(79)71-33-41(31-47(71)57(77)65-45-23-29-81-49-13-9-7-11-43(45)49)63-55(75)39-15-17-40(18-16-39)56(76)64-42-32-48(58(78)66-46-24-30-82-50-14-10-8-12-44(46)50)72(34-42)60(80)52(68-54(74)36(2)62-4)38-21-27-70(6)28-22-38/h7-18,35-38,41-42,45-48,51-52,61-62H,19-34H2,1-6H3,(H,63,75)(H,64,76)(H,65,77)(H,66,78)(H,67,73)(H,68,74)/t35-,36-,41-,42-,45+,46+,47-,48-,51-,52-/m0/s1. The van der Waals surface area contributed by atoms with Crippen LogP contribution in [0.25, 0.3) is 0 Å². The van der Waals surface area contributed by atoms with Crippen molar-refractivity contribution in [2.75, 3.05) is 80.7 Å². The van der Waals surface area contributed by atoms with Gasteiger partial charge in [-0.1, -0.05) is 36.4 Å². The Kier molecular flexibility index (Phi) is 19.5. The molecule has 0 saturated carbocycles. The van der Waals surface area contributed by atoms with Gasteiger partial charge in [-0.05, 0) is 155 Å². The molecule has 22 heteroatoms. The topological polar surface area (TPSA) is 264 Å². The van der Waals surface area contributed by atoms with Gasteiger partial charge in [-0.3, -0.25) is 38.4 Å². The highest BCUT2D eigenvalue weighted by molar-refractivity contribution is 5.99. The molecular formula is C60H82N12O10. The fourth-order valence-corrected chi connectivity index (χ4v) is 12.4. The van der Waals surface area contributed by atoms with Crippen LogP contribution in [-0.2, 0) is 28.8 Å². The van der Waals surface area contributed by atoms with E-state index in [0.717, 1.165) is 37.3 Å². The van der Waals surface area contributed by atoms with Gasteiger partial charge in [0.2, 0.25) is 35.4 Å². The smallest absolute Gasteiger partial charge is 0.251 e. The van der Waals surface area contributed by atoms with Crippen LogP contribution in [0.3, 0.4) is 0 Å². The van der Waals surface area contributed by atoms with Crippen molar-refractivity contribution in [2.45, 2.75) is 126 Å². The number of piperidine rings is 2. The highest BCUT2D eigenvalue weighted by Gasteiger charge is 2.48. The van der Waals surface area contributed by atoms with E-state index in [1.165, 1.54) is 34.1 Å². The number of nitrogens with one attached hydrogen (secondary N) is 8. The zero-order chi connectivity index (χ0) is 58.2. The Balaban J connectivity index is 0.901. The van der Waals surface area contributed by atoms with Crippen molar-refractivity contribution in [2.24, 2.45) is 11.8 Å². The van der Waals surface area contributed by atoms with E-state index in [9.17, 15) is 38.4 Å². The quantitative estimate of drug-likeness (QED) is 0.0892. The third kappa shape index (κ3) is 13.8. The summed E-state index contributed by atoms with van der Waals surface area (Å²) in [6, 6.07) is 14.2. The van der Waals surface area contributed by atoms with Crippen LogP contribution in [0.5, 0.6) is 11.5 Å². The number of hydrogen-bond donors (Lipinski definition) is 8. The number of likely N-dealkylation sites (N-methyl/N-ethyl adjacent to an activating group) is 2. The van der Waals surface area contributed by atoms with Crippen LogP contribution >= 0.6 is 0 Å². The highest BCUT2D eigenvalue weighted by Crippen LogP contribution is 2.35. The Labute approximate surface area is 480 Å². The number of carbonyl (C=O) groups excluding carboxylic acids is 8. The lowest BCUT2D eigenvalue weighted by Crippen LogP contribution is -2.59. The maximum atomic E-state index is 15.0. The average Bonchev–Trinajstić information content (AvgIpc) is 4.30. The first-order chi connectivity index (χ1) is 39.5. The molecule has 4 fully saturated rings. The van der Waals surface area contributed by atoms with Gasteiger partial charge in [-0.2, -0.15) is 0 Å². The SMILES string of the molecule is CN[C@@H](C)C(=O)N[C@H](C(=O)N1C[C@@H](NC(=O)c2ccc(C(=O)N[C@H]3C[C@@H](C(=O)N[C@@H]4CCOc5ccccc54)N(C(=O)[C@@H](NC(=O)[C@H](C)NC)C4CCN(C)CC4)C3)cc2)C[C@H]1C(=O)N[C@@H]1CCOc2ccccc21)C1CCN(C)CC1. The Morgan fingerprint density at radius 3 is 1.23 bits per heavy atom. The largest absolute Gasteiger partial charge is 0.493 e. The molecule has 3 aromatic carbocycles. The van der Waals surface area contributed by atoms with Crippen molar-refractivity contribution in [3.63, 3.8) is 0 Å². The molecule has 0 radical (unpaired) electrons. The number of nitrogens with zero attached hydrogens (tertiary/aromatic N) is 4. The Morgan fingerprint density at radius 1 is 0.500 bits per heavy atom. The molecule has 10 atom stereocenters. The lowest BCUT2D eigenvalue weighted by molar-refractivity contribution is -0.143. The summed E-state index contributed by atoms with van der Waals surface area (Å²) in [5, 5.41) is 24.4. The van der Waals surface area contributed by atoms with E-state index in [2.05, 4.69) is 52.3 Å². The molecule has 6 aliphatic heterocycles. The van der Waals surface area contributed by atoms with Crippen LogP contribution < -0.4 is 52.0 Å². The van der Waals surface area contributed by atoms with Gasteiger partial charge in [0.05, 0.1) is 37.4 Å². The summed E-state index contributed by atoms with van der Waals surface area (Å²) < 4.78 is 11.7. The zero-order valence-electron chi connectivity index (χ0n) is 48.0. The lowest BCUT2D eigenvalue weighted by atomic mass is 9.88. The van der Waals surface area contributed by atoms with Gasteiger partial charge in [-0.25, -0.2) is 0 Å². The summed E-state index contributed by atoms with van der Waals surface area (Å²) >= 11 is 0. The number of para-hydroxylation sites is 2. The molecule has 0 bridgehead atoms. The lowest BCUT2D eigenvalue weighted by Gasteiger charge is -2.37. The van der Waals surface area contributed by atoms with Crippen LogP contribution in [0.4, 0.5) is 0 Å². The number of hydrogen-bond acceptors (Lipinski definition) is 14. The number of rotatable bonds is 18. The van der Waals surface area contributed by atoms with Crippen molar-refractivity contribution in [1.29, 1.82) is 0 Å². The maximum absolute atomic E-state index is 15.0. The fraction of sp³-hybridized carbons (Fsp3) is 0.567. The number of benzene rings is 3. The third-order valence-electron chi connectivity index (χ3n) is 17.7. The summed E-state index contributed by atoms with van der Waals surface area (Å²) in [5.41, 5.74) is 2.13. The first-order valence-electron chi connectivity index (χ1n) is 29.2. The van der Waals surface area contributed by atoms with Gasteiger partial charge in [0.15, 0.2) is 0 Å². The molecule has 442 valence electrons. The first kappa shape index (κ1) is 59.5. The summed E-state index contributed by atoms with van der Waals surface area (Å²) in [6.45, 7) is 7.21. The van der Waals surface area contributed by atoms with Crippen molar-refractivity contribution >= 4 is 47.3 Å². The Bertz CT molecular complexity index is 2620. The minimum atomic E-state index is -0.974. The second kappa shape index (κ2) is 26.8. The molecule has 22 nitrogen and oxygen atoms in total. The molecule has 3 aromatic rings. The van der Waals surface area contributed by atoms with Crippen LogP contribution in [0, 0.1) is 11.8 Å². The van der Waals surface area contributed by atoms with Crippen LogP contribution in [0.1, 0.15) is 109 Å². The van der Waals surface area contributed by atoms with E-state index >= 15 is 0 Å². The molecule has 8 amide bonds. The van der Waals surface area contributed by atoms with E-state index in [1.807, 2.05) is 62.6 Å². The van der Waals surface area contributed by atoms with Gasteiger partial charge in [-0.15, -0.1) is 0 Å².